The molecule has 1 unspecified atom stereocenters. The Kier molecular flexibility index (Phi) is 4.32. The van der Waals surface area contributed by atoms with E-state index in [1.54, 1.807) is 41.2 Å². The number of amidine groups is 1. The van der Waals surface area contributed by atoms with E-state index in [0.29, 0.717) is 11.3 Å². The molecule has 0 saturated carbocycles. The first-order chi connectivity index (χ1) is 11.0. The second-order valence-corrected chi connectivity index (χ2v) is 6.02. The van der Waals surface area contributed by atoms with Gasteiger partial charge in [0.2, 0.25) is 5.72 Å². The molecule has 4 nitrogen and oxygen atoms in total. The maximum Gasteiger partial charge on any atom is 0.289 e. The van der Waals surface area contributed by atoms with Crippen LogP contribution >= 0.6 is 11.8 Å². The Bertz CT molecular complexity index is 709. The number of benzene rings is 1. The van der Waals surface area contributed by atoms with Crippen LogP contribution in [-0.2, 0) is 0 Å². The molecule has 0 bridgehead atoms. The van der Waals surface area contributed by atoms with Gasteiger partial charge in [-0.25, -0.2) is 13.8 Å². The van der Waals surface area contributed by atoms with E-state index >= 15 is 0 Å². The number of aliphatic imine (C=N–C) groups is 1. The summed E-state index contributed by atoms with van der Waals surface area (Å²) < 4.78 is 26.4. The van der Waals surface area contributed by atoms with Crippen molar-refractivity contribution in [1.82, 2.24) is 4.98 Å². The van der Waals surface area contributed by atoms with E-state index in [4.69, 9.17) is 0 Å². The topological polar surface area (TPSA) is 48.7 Å². The molecule has 3 rings (SSSR count). The molecule has 120 valence electrons. The van der Waals surface area contributed by atoms with Crippen LogP contribution in [0.4, 0.5) is 14.5 Å². The lowest BCUT2D eigenvalue weighted by Crippen LogP contribution is -2.41. The minimum Gasteiger partial charge on any atom is -0.363 e. The summed E-state index contributed by atoms with van der Waals surface area (Å²) in [5.74, 6) is 0.290. The fraction of sp³-hybridized carbons (Fsp3) is 0.250. The summed E-state index contributed by atoms with van der Waals surface area (Å²) in [5, 5.41) is 10.1. The van der Waals surface area contributed by atoms with Crippen molar-refractivity contribution >= 4 is 23.3 Å². The van der Waals surface area contributed by atoms with Crippen molar-refractivity contribution in [3.63, 3.8) is 0 Å². The number of pyridine rings is 1. The summed E-state index contributed by atoms with van der Waals surface area (Å²) in [7, 11) is 0. The Hall–Kier alpha value is -1.99. The van der Waals surface area contributed by atoms with Crippen molar-refractivity contribution in [2.45, 2.75) is 17.0 Å². The predicted molar refractivity (Wildman–Crippen MR) is 87.3 cm³/mol. The van der Waals surface area contributed by atoms with Gasteiger partial charge in [-0.3, -0.25) is 4.98 Å². The second kappa shape index (κ2) is 6.25. The van der Waals surface area contributed by atoms with Crippen LogP contribution in [-0.4, -0.2) is 40.9 Å². The molecule has 0 spiro atoms. The molecule has 1 aromatic heterocycles. The van der Waals surface area contributed by atoms with E-state index in [1.807, 2.05) is 30.5 Å². The number of rotatable bonds is 4. The molecule has 1 N–H and O–H groups in total. The van der Waals surface area contributed by atoms with Gasteiger partial charge >= 0.3 is 0 Å². The highest BCUT2D eigenvalue weighted by molar-refractivity contribution is 7.98. The molecule has 0 aliphatic carbocycles. The van der Waals surface area contributed by atoms with Gasteiger partial charge in [0.15, 0.2) is 0 Å². The Morgan fingerprint density at radius 1 is 1.26 bits per heavy atom. The van der Waals surface area contributed by atoms with E-state index in [-0.39, 0.29) is 12.4 Å². The minimum atomic E-state index is -2.97. The van der Waals surface area contributed by atoms with Gasteiger partial charge < -0.3 is 10.0 Å². The zero-order valence-corrected chi connectivity index (χ0v) is 13.2. The zero-order valence-electron chi connectivity index (χ0n) is 12.4. The molecule has 1 atom stereocenters. The summed E-state index contributed by atoms with van der Waals surface area (Å²) in [6, 6.07) is 10.9. The molecular formula is C16H15F2N3OS. The van der Waals surface area contributed by atoms with Crippen LogP contribution in [0.2, 0.25) is 0 Å². The summed E-state index contributed by atoms with van der Waals surface area (Å²) in [5.41, 5.74) is -1.14. The van der Waals surface area contributed by atoms with Crippen LogP contribution in [0.15, 0.2) is 58.7 Å². The van der Waals surface area contributed by atoms with Gasteiger partial charge in [0, 0.05) is 28.5 Å². The number of β-amino-alcohol motifs (C(OH)–C–C–N with tert-alkyl or cyclic N) is 1. The fourth-order valence-electron chi connectivity index (χ4n) is 2.40. The number of aromatic nitrogens is 1. The Morgan fingerprint density at radius 3 is 2.57 bits per heavy atom. The first-order valence-corrected chi connectivity index (χ1v) is 8.18. The summed E-state index contributed by atoms with van der Waals surface area (Å²) in [4.78, 5) is 10.5. The number of hydrogen-bond acceptors (Lipinski definition) is 5. The molecular weight excluding hydrogens is 320 g/mol. The van der Waals surface area contributed by atoms with Gasteiger partial charge in [0.1, 0.15) is 5.84 Å². The van der Waals surface area contributed by atoms with Gasteiger partial charge in [0.25, 0.3) is 6.43 Å². The average Bonchev–Trinajstić information content (AvgIpc) is 2.95. The number of nitrogens with zero attached hydrogens (tertiary/aromatic N) is 3. The van der Waals surface area contributed by atoms with E-state index < -0.39 is 12.2 Å². The predicted octanol–water partition coefficient (Wildman–Crippen LogP) is 3.02. The van der Waals surface area contributed by atoms with Crippen LogP contribution in [0, 0.1) is 0 Å². The zero-order chi connectivity index (χ0) is 16.4. The number of halogens is 2. The molecule has 23 heavy (non-hydrogen) atoms. The quantitative estimate of drug-likeness (QED) is 0.873. The second-order valence-electron chi connectivity index (χ2n) is 5.14. The Labute approximate surface area is 136 Å². The fourth-order valence-corrected chi connectivity index (χ4v) is 2.80. The lowest BCUT2D eigenvalue weighted by atomic mass is 10.2. The number of hydrogen-bond donors (Lipinski definition) is 1. The van der Waals surface area contributed by atoms with E-state index in [2.05, 4.69) is 9.98 Å². The first kappa shape index (κ1) is 15.9. The molecule has 1 aliphatic heterocycles. The van der Waals surface area contributed by atoms with E-state index in [1.165, 1.54) is 0 Å². The van der Waals surface area contributed by atoms with Crippen molar-refractivity contribution in [3.8, 4) is 0 Å². The van der Waals surface area contributed by atoms with E-state index in [9.17, 15) is 13.9 Å². The Balaban J connectivity index is 2.02. The van der Waals surface area contributed by atoms with Crippen LogP contribution in [0.3, 0.4) is 0 Å². The average molecular weight is 335 g/mol. The number of anilines is 1. The third-order valence-corrected chi connectivity index (χ3v) is 4.34. The Morgan fingerprint density at radius 2 is 2.00 bits per heavy atom. The van der Waals surface area contributed by atoms with Crippen LogP contribution in [0.1, 0.15) is 5.56 Å². The maximum absolute atomic E-state index is 13.2. The van der Waals surface area contributed by atoms with Gasteiger partial charge in [0.05, 0.1) is 6.54 Å². The summed E-state index contributed by atoms with van der Waals surface area (Å²) >= 11 is 1.59. The highest BCUT2D eigenvalue weighted by Gasteiger charge is 2.46. The van der Waals surface area contributed by atoms with Gasteiger partial charge in [-0.15, -0.1) is 11.8 Å². The third-order valence-electron chi connectivity index (χ3n) is 3.60. The van der Waals surface area contributed by atoms with E-state index in [0.717, 1.165) is 4.90 Å². The number of alkyl halides is 2. The summed E-state index contributed by atoms with van der Waals surface area (Å²) in [6.45, 7) is -0.298. The molecule has 2 aromatic rings. The smallest absolute Gasteiger partial charge is 0.289 e. The molecule has 2 heterocycles. The van der Waals surface area contributed by atoms with Crippen molar-refractivity contribution in [2.75, 3.05) is 17.7 Å². The molecule has 0 fully saturated rings. The van der Waals surface area contributed by atoms with Gasteiger partial charge in [-0.05, 0) is 42.7 Å². The lowest BCUT2D eigenvalue weighted by Gasteiger charge is -2.23. The molecule has 0 saturated heterocycles. The lowest BCUT2D eigenvalue weighted by molar-refractivity contribution is -0.0775. The first-order valence-electron chi connectivity index (χ1n) is 6.96. The normalized spacial score (nSPS) is 20.9. The van der Waals surface area contributed by atoms with Crippen LogP contribution in [0.25, 0.3) is 0 Å². The molecule has 0 radical (unpaired) electrons. The largest absolute Gasteiger partial charge is 0.363 e. The monoisotopic (exact) mass is 335 g/mol. The van der Waals surface area contributed by atoms with Gasteiger partial charge in [-0.1, -0.05) is 0 Å². The SMILES string of the molecule is CSc1ccc(N2CC(O)(C(F)F)N=C2c2cccnc2)cc1. The number of aliphatic hydroxyl groups is 1. The van der Waals surface area contributed by atoms with Crippen LogP contribution < -0.4 is 4.90 Å². The van der Waals surface area contributed by atoms with Gasteiger partial charge in [-0.2, -0.15) is 0 Å². The minimum absolute atomic E-state index is 0.290. The molecule has 1 aromatic carbocycles. The standard InChI is InChI=1S/C16H15F2N3OS/c1-23-13-6-4-12(5-7-13)21-10-16(22,15(17)18)20-14(21)11-3-2-8-19-9-11/h2-9,15,22H,10H2,1H3. The summed E-state index contributed by atoms with van der Waals surface area (Å²) in [6.07, 6.45) is 2.13. The highest BCUT2D eigenvalue weighted by atomic mass is 32.2. The highest BCUT2D eigenvalue weighted by Crippen LogP contribution is 2.32. The maximum atomic E-state index is 13.2. The van der Waals surface area contributed by atoms with Crippen molar-refractivity contribution in [2.24, 2.45) is 4.99 Å². The molecule has 0 amide bonds. The van der Waals surface area contributed by atoms with Crippen molar-refractivity contribution in [3.05, 3.63) is 54.4 Å². The van der Waals surface area contributed by atoms with Crippen molar-refractivity contribution in [1.29, 1.82) is 0 Å². The van der Waals surface area contributed by atoms with Crippen LogP contribution in [0.5, 0.6) is 0 Å². The third kappa shape index (κ3) is 3.07. The van der Waals surface area contributed by atoms with Crippen molar-refractivity contribution < 1.29 is 13.9 Å². The molecule has 1 aliphatic rings. The number of thioether (sulfide) groups is 1. The molecule has 7 heteroatoms.